The molecule has 0 saturated heterocycles. The van der Waals surface area contributed by atoms with E-state index in [4.69, 9.17) is 15.3 Å². The number of likely N-dealkylation sites (N-methyl/N-ethyl adjacent to an activating group) is 1. The molecular weight excluding hydrogens is 306 g/mol. The van der Waals surface area contributed by atoms with Crippen LogP contribution in [0.3, 0.4) is 0 Å². The minimum atomic E-state index is -4.10. The van der Waals surface area contributed by atoms with E-state index < -0.39 is 33.8 Å². The van der Waals surface area contributed by atoms with Crippen LogP contribution in [-0.4, -0.2) is 76.2 Å². The van der Waals surface area contributed by atoms with E-state index in [2.05, 4.69) is 4.18 Å². The van der Waals surface area contributed by atoms with Gasteiger partial charge < -0.3 is 25.5 Å². The van der Waals surface area contributed by atoms with Crippen molar-refractivity contribution in [1.82, 2.24) is 4.90 Å². The molecule has 0 aromatic heterocycles. The molecule has 0 amide bonds. The summed E-state index contributed by atoms with van der Waals surface area (Å²) in [5.41, 5.74) is -2.37. The first-order valence-electron chi connectivity index (χ1n) is 6.59. The molecule has 5 N–H and O–H groups in total. The summed E-state index contributed by atoms with van der Waals surface area (Å²) in [7, 11) is -3.18. The Kier molecular flexibility index (Phi) is 7.67. The Morgan fingerprint density at radius 1 is 1.14 bits per heavy atom. The lowest BCUT2D eigenvalue weighted by Crippen LogP contribution is -2.65. The fourth-order valence-electron chi connectivity index (χ4n) is 1.77. The van der Waals surface area contributed by atoms with Crippen LogP contribution in [0.25, 0.3) is 0 Å². The molecule has 0 spiro atoms. The molecule has 9 nitrogen and oxygen atoms in total. The van der Waals surface area contributed by atoms with Gasteiger partial charge in [-0.15, -0.1) is 0 Å². The van der Waals surface area contributed by atoms with E-state index in [1.807, 2.05) is 0 Å². The van der Waals surface area contributed by atoms with Crippen LogP contribution in [-0.2, 0) is 14.3 Å². The fourth-order valence-corrected chi connectivity index (χ4v) is 2.94. The molecule has 0 fully saturated rings. The van der Waals surface area contributed by atoms with Crippen molar-refractivity contribution in [3.8, 4) is 0 Å². The summed E-state index contributed by atoms with van der Waals surface area (Å²) >= 11 is 0. The maximum atomic E-state index is 11.6. The summed E-state index contributed by atoms with van der Waals surface area (Å²) < 4.78 is 27.8. The van der Waals surface area contributed by atoms with E-state index in [1.54, 1.807) is 13.8 Å². The summed E-state index contributed by atoms with van der Waals surface area (Å²) in [6.45, 7) is 3.26. The molecule has 0 aromatic rings. The highest BCUT2D eigenvalue weighted by atomic mass is 32.2. The van der Waals surface area contributed by atoms with E-state index in [0.29, 0.717) is 6.42 Å². The van der Waals surface area contributed by atoms with Crippen LogP contribution in [0, 0.1) is 0 Å². The summed E-state index contributed by atoms with van der Waals surface area (Å²) in [4.78, 5) is 0.281. The predicted molar refractivity (Wildman–Crippen MR) is 73.0 cm³/mol. The van der Waals surface area contributed by atoms with E-state index in [0.717, 1.165) is 7.05 Å². The van der Waals surface area contributed by atoms with Gasteiger partial charge in [-0.05, 0) is 19.9 Å². The summed E-state index contributed by atoms with van der Waals surface area (Å²) in [5.74, 6) is -0.954. The molecule has 10 heteroatoms. The first-order chi connectivity index (χ1) is 9.40. The number of aliphatic hydroxyl groups excluding tert-OH is 1. The second-order valence-corrected chi connectivity index (χ2v) is 6.53. The van der Waals surface area contributed by atoms with Crippen molar-refractivity contribution in [3.05, 3.63) is 0 Å². The third-order valence-corrected chi connectivity index (χ3v) is 4.26. The van der Waals surface area contributed by atoms with Crippen molar-refractivity contribution in [2.75, 3.05) is 19.4 Å². The Bertz CT molecular complexity index is 407. The van der Waals surface area contributed by atoms with Gasteiger partial charge in [0, 0.05) is 0 Å². The second-order valence-electron chi connectivity index (χ2n) is 4.85. The molecule has 0 radical (unpaired) electrons. The van der Waals surface area contributed by atoms with Gasteiger partial charge in [-0.25, -0.2) is 0 Å². The molecule has 2 unspecified atom stereocenters. The number of hydrogen-bond donors (Lipinski definition) is 5. The van der Waals surface area contributed by atoms with Gasteiger partial charge in [0.2, 0.25) is 0 Å². The van der Waals surface area contributed by atoms with Crippen molar-refractivity contribution < 1.29 is 38.1 Å². The Morgan fingerprint density at radius 3 is 2.05 bits per heavy atom. The summed E-state index contributed by atoms with van der Waals surface area (Å²) in [6, 6.07) is 0. The molecule has 0 bridgehead atoms. The summed E-state index contributed by atoms with van der Waals surface area (Å²) in [5, 5.41) is 47.7. The fraction of sp³-hybridized carbons (Fsp3) is 1.00. The van der Waals surface area contributed by atoms with Gasteiger partial charge in [0.25, 0.3) is 10.1 Å². The SMILES string of the molecule is CCCOS(=O)(=O)CC(O)C(O)(CCC)N(C)C(O)(O)O. The largest absolute Gasteiger partial charge is 0.387 e. The monoisotopic (exact) mass is 331 g/mol. The minimum Gasteiger partial charge on any atom is -0.387 e. The third-order valence-electron chi connectivity index (χ3n) is 3.01. The molecule has 128 valence electrons. The van der Waals surface area contributed by atoms with Crippen molar-refractivity contribution in [3.63, 3.8) is 0 Å². The average molecular weight is 331 g/mol. The minimum absolute atomic E-state index is 0.0684. The van der Waals surface area contributed by atoms with Crippen molar-refractivity contribution in [1.29, 1.82) is 0 Å². The van der Waals surface area contributed by atoms with E-state index in [1.165, 1.54) is 0 Å². The number of rotatable bonds is 10. The smallest absolute Gasteiger partial charge is 0.347 e. The Balaban J connectivity index is 5.20. The lowest BCUT2D eigenvalue weighted by molar-refractivity contribution is -0.431. The van der Waals surface area contributed by atoms with Crippen LogP contribution in [0.5, 0.6) is 0 Å². The first-order valence-corrected chi connectivity index (χ1v) is 8.17. The van der Waals surface area contributed by atoms with Crippen LogP contribution in [0.1, 0.15) is 33.1 Å². The molecule has 21 heavy (non-hydrogen) atoms. The van der Waals surface area contributed by atoms with Gasteiger partial charge in [-0.2, -0.15) is 13.3 Å². The quantitative estimate of drug-likeness (QED) is 0.229. The Hall–Kier alpha value is -0.330. The second kappa shape index (κ2) is 7.79. The maximum Gasteiger partial charge on any atom is 0.347 e. The summed E-state index contributed by atoms with van der Waals surface area (Å²) in [6.07, 6.45) is -4.82. The van der Waals surface area contributed by atoms with Gasteiger partial charge in [0.1, 0.15) is 11.9 Å². The Labute approximate surface area is 124 Å². The van der Waals surface area contributed by atoms with Crippen LogP contribution >= 0.6 is 0 Å². The highest BCUT2D eigenvalue weighted by Crippen LogP contribution is 2.26. The van der Waals surface area contributed by atoms with Crippen LogP contribution in [0.2, 0.25) is 0 Å². The van der Waals surface area contributed by atoms with Crippen molar-refractivity contribution >= 4 is 10.1 Å². The molecule has 0 aliphatic heterocycles. The molecular formula is C11H25NO8S. The molecule has 0 rings (SSSR count). The van der Waals surface area contributed by atoms with Crippen LogP contribution in [0.15, 0.2) is 0 Å². The number of aliphatic hydroxyl groups is 5. The number of nitrogens with zero attached hydrogens (tertiary/aromatic N) is 1. The van der Waals surface area contributed by atoms with Gasteiger partial charge in [-0.1, -0.05) is 20.3 Å². The van der Waals surface area contributed by atoms with E-state index in [-0.39, 0.29) is 24.3 Å². The third kappa shape index (κ3) is 6.12. The zero-order valence-corrected chi connectivity index (χ0v) is 13.2. The van der Waals surface area contributed by atoms with Crippen molar-refractivity contribution in [2.45, 2.75) is 51.0 Å². The molecule has 0 aromatic carbocycles. The van der Waals surface area contributed by atoms with E-state index in [9.17, 15) is 18.6 Å². The first kappa shape index (κ1) is 20.7. The Morgan fingerprint density at radius 2 is 1.67 bits per heavy atom. The molecule has 0 saturated carbocycles. The zero-order chi connectivity index (χ0) is 16.9. The predicted octanol–water partition coefficient (Wildman–Crippen LogP) is -1.89. The van der Waals surface area contributed by atoms with Crippen LogP contribution < -0.4 is 0 Å². The highest BCUT2D eigenvalue weighted by molar-refractivity contribution is 7.86. The molecule has 0 heterocycles. The van der Waals surface area contributed by atoms with Crippen LogP contribution in [0.4, 0.5) is 0 Å². The van der Waals surface area contributed by atoms with Gasteiger partial charge in [0.05, 0.1) is 6.61 Å². The topological polar surface area (TPSA) is 148 Å². The molecule has 0 aliphatic carbocycles. The van der Waals surface area contributed by atoms with Gasteiger partial charge in [0.15, 0.2) is 5.72 Å². The zero-order valence-electron chi connectivity index (χ0n) is 12.4. The normalized spacial score (nSPS) is 17.8. The molecule has 0 aliphatic rings. The lowest BCUT2D eigenvalue weighted by atomic mass is 10.0. The highest BCUT2D eigenvalue weighted by Gasteiger charge is 2.48. The van der Waals surface area contributed by atoms with Gasteiger partial charge in [-0.3, -0.25) is 4.18 Å². The molecule has 2 atom stereocenters. The average Bonchev–Trinajstić information content (AvgIpc) is 2.34. The van der Waals surface area contributed by atoms with Crippen molar-refractivity contribution in [2.24, 2.45) is 0 Å². The lowest BCUT2D eigenvalue weighted by Gasteiger charge is -2.43. The van der Waals surface area contributed by atoms with Gasteiger partial charge >= 0.3 is 6.10 Å². The maximum absolute atomic E-state index is 11.6. The van der Waals surface area contributed by atoms with E-state index >= 15 is 0 Å². The standard InChI is InChI=1S/C11H25NO8S/c1-4-6-10(14,12(3)11(15,16)17)9(13)8-21(18,19)20-7-5-2/h9,13-17H,4-8H2,1-3H3. The number of hydrogen-bond acceptors (Lipinski definition) is 9.